The van der Waals surface area contributed by atoms with Crippen molar-refractivity contribution in [2.75, 3.05) is 11.9 Å². The van der Waals surface area contributed by atoms with E-state index in [4.69, 9.17) is 10.00 Å². The number of benzene rings is 2. The molecule has 116 valence electrons. The second kappa shape index (κ2) is 7.76. The highest BCUT2D eigenvalue weighted by Gasteiger charge is 2.09. The molecule has 2 aromatic carbocycles. The number of ether oxygens (including phenoxy) is 1. The number of rotatable bonds is 5. The average molecular weight is 310 g/mol. The first-order chi connectivity index (χ1) is 11.1. The zero-order chi connectivity index (χ0) is 16.7. The van der Waals surface area contributed by atoms with Gasteiger partial charge in [-0.2, -0.15) is 5.26 Å². The van der Waals surface area contributed by atoms with Gasteiger partial charge in [0.15, 0.2) is 0 Å². The third-order valence-corrected chi connectivity index (χ3v) is 2.97. The van der Waals surface area contributed by atoms with E-state index >= 15 is 0 Å². The van der Waals surface area contributed by atoms with Gasteiger partial charge in [-0.05, 0) is 55.0 Å². The van der Waals surface area contributed by atoms with Gasteiger partial charge >= 0.3 is 0 Å². The van der Waals surface area contributed by atoms with E-state index in [-0.39, 0.29) is 11.4 Å². The zero-order valence-corrected chi connectivity index (χ0v) is 12.5. The second-order valence-corrected chi connectivity index (χ2v) is 4.63. The fourth-order valence-electron chi connectivity index (χ4n) is 1.87. The Balaban J connectivity index is 2.11. The fourth-order valence-corrected chi connectivity index (χ4v) is 1.87. The Morgan fingerprint density at radius 3 is 2.43 bits per heavy atom. The minimum absolute atomic E-state index is 0.0644. The van der Waals surface area contributed by atoms with E-state index in [9.17, 15) is 9.18 Å². The zero-order valence-electron chi connectivity index (χ0n) is 12.5. The van der Waals surface area contributed by atoms with Crippen LogP contribution < -0.4 is 10.1 Å². The predicted octanol–water partition coefficient (Wildman–Crippen LogP) is 3.77. The summed E-state index contributed by atoms with van der Waals surface area (Å²) in [6, 6.07) is 14.2. The van der Waals surface area contributed by atoms with Crippen molar-refractivity contribution >= 4 is 17.7 Å². The standard InChI is InChI=1S/C18H15FN2O2/c1-2-23-17-9-7-16(8-10-17)21-18(22)14(12-20)11-13-3-5-15(19)6-4-13/h3-11H,2H2,1H3,(H,21,22)/b14-11+. The van der Waals surface area contributed by atoms with Gasteiger partial charge in [-0.15, -0.1) is 0 Å². The maximum absolute atomic E-state index is 12.9. The molecular weight excluding hydrogens is 295 g/mol. The van der Waals surface area contributed by atoms with Crippen molar-refractivity contribution in [3.8, 4) is 11.8 Å². The summed E-state index contributed by atoms with van der Waals surface area (Å²) in [4.78, 5) is 12.1. The van der Waals surface area contributed by atoms with Crippen LogP contribution in [0.15, 0.2) is 54.1 Å². The van der Waals surface area contributed by atoms with Crippen molar-refractivity contribution in [1.82, 2.24) is 0 Å². The monoisotopic (exact) mass is 310 g/mol. The van der Waals surface area contributed by atoms with Gasteiger partial charge in [0.05, 0.1) is 6.61 Å². The van der Waals surface area contributed by atoms with E-state index < -0.39 is 5.91 Å². The Kier molecular flexibility index (Phi) is 5.48. The SMILES string of the molecule is CCOc1ccc(NC(=O)/C(C#N)=C/c2ccc(F)cc2)cc1. The maximum atomic E-state index is 12.9. The molecule has 5 heteroatoms. The summed E-state index contributed by atoms with van der Waals surface area (Å²) in [5, 5.41) is 11.8. The lowest BCUT2D eigenvalue weighted by atomic mass is 10.1. The van der Waals surface area contributed by atoms with Crippen LogP contribution in [-0.2, 0) is 4.79 Å². The molecule has 4 nitrogen and oxygen atoms in total. The molecule has 0 radical (unpaired) electrons. The number of nitrogens with zero attached hydrogens (tertiary/aromatic N) is 1. The molecule has 0 atom stereocenters. The minimum atomic E-state index is -0.527. The van der Waals surface area contributed by atoms with Gasteiger partial charge in [0.1, 0.15) is 23.2 Å². The van der Waals surface area contributed by atoms with Crippen molar-refractivity contribution in [2.24, 2.45) is 0 Å². The van der Waals surface area contributed by atoms with Gasteiger partial charge in [-0.3, -0.25) is 4.79 Å². The molecule has 1 N–H and O–H groups in total. The molecule has 2 aromatic rings. The van der Waals surface area contributed by atoms with Gasteiger partial charge in [-0.25, -0.2) is 4.39 Å². The lowest BCUT2D eigenvalue weighted by molar-refractivity contribution is -0.112. The quantitative estimate of drug-likeness (QED) is 0.675. The van der Waals surface area contributed by atoms with Gasteiger partial charge in [-0.1, -0.05) is 12.1 Å². The summed E-state index contributed by atoms with van der Waals surface area (Å²) < 4.78 is 18.2. The largest absolute Gasteiger partial charge is 0.494 e. The molecule has 2 rings (SSSR count). The summed E-state index contributed by atoms with van der Waals surface area (Å²) >= 11 is 0. The molecule has 0 unspecified atom stereocenters. The fraction of sp³-hybridized carbons (Fsp3) is 0.111. The topological polar surface area (TPSA) is 62.1 Å². The molecular formula is C18H15FN2O2. The average Bonchev–Trinajstić information content (AvgIpc) is 2.56. The lowest BCUT2D eigenvalue weighted by Gasteiger charge is -2.06. The van der Waals surface area contributed by atoms with Crippen LogP contribution in [-0.4, -0.2) is 12.5 Å². The summed E-state index contributed by atoms with van der Waals surface area (Å²) in [6.45, 7) is 2.44. The first kappa shape index (κ1) is 16.2. The van der Waals surface area contributed by atoms with Crippen molar-refractivity contribution in [3.63, 3.8) is 0 Å². The summed E-state index contributed by atoms with van der Waals surface area (Å²) in [5.74, 6) is -0.201. The first-order valence-electron chi connectivity index (χ1n) is 7.04. The Morgan fingerprint density at radius 2 is 1.87 bits per heavy atom. The van der Waals surface area contributed by atoms with Gasteiger partial charge in [0.25, 0.3) is 5.91 Å². The van der Waals surface area contributed by atoms with Crippen molar-refractivity contribution in [2.45, 2.75) is 6.92 Å². The summed E-state index contributed by atoms with van der Waals surface area (Å²) in [5.41, 5.74) is 1.06. The van der Waals surface area contributed by atoms with Gasteiger partial charge in [0, 0.05) is 5.69 Å². The molecule has 0 saturated carbocycles. The molecule has 0 spiro atoms. The van der Waals surface area contributed by atoms with Crippen molar-refractivity contribution < 1.29 is 13.9 Å². The number of hydrogen-bond donors (Lipinski definition) is 1. The van der Waals surface area contributed by atoms with Crippen LogP contribution in [0.2, 0.25) is 0 Å². The normalized spacial score (nSPS) is 10.7. The highest BCUT2D eigenvalue weighted by molar-refractivity contribution is 6.09. The van der Waals surface area contributed by atoms with Crippen LogP contribution in [0.4, 0.5) is 10.1 Å². The number of nitriles is 1. The smallest absolute Gasteiger partial charge is 0.266 e. The molecule has 23 heavy (non-hydrogen) atoms. The maximum Gasteiger partial charge on any atom is 0.266 e. The van der Waals surface area contributed by atoms with Gasteiger partial charge < -0.3 is 10.1 Å². The molecule has 0 aliphatic heterocycles. The van der Waals surface area contributed by atoms with Crippen LogP contribution in [0.5, 0.6) is 5.75 Å². The number of nitrogens with one attached hydrogen (secondary N) is 1. The number of halogens is 1. The number of hydrogen-bond acceptors (Lipinski definition) is 3. The van der Waals surface area contributed by atoms with Crippen molar-refractivity contribution in [3.05, 3.63) is 65.5 Å². The van der Waals surface area contributed by atoms with E-state index in [1.807, 2.05) is 13.0 Å². The van der Waals surface area contributed by atoms with Crippen LogP contribution in [0.25, 0.3) is 6.08 Å². The molecule has 1 amide bonds. The van der Waals surface area contributed by atoms with Crippen LogP contribution in [0, 0.1) is 17.1 Å². The molecule has 0 aliphatic carbocycles. The van der Waals surface area contributed by atoms with E-state index in [2.05, 4.69) is 5.32 Å². The molecule has 0 aliphatic rings. The Hall–Kier alpha value is -3.13. The molecule has 0 aromatic heterocycles. The van der Waals surface area contributed by atoms with Crippen molar-refractivity contribution in [1.29, 1.82) is 5.26 Å². The van der Waals surface area contributed by atoms with E-state index in [1.54, 1.807) is 24.3 Å². The Morgan fingerprint density at radius 1 is 1.22 bits per heavy atom. The number of anilines is 1. The van der Waals surface area contributed by atoms with E-state index in [1.165, 1.54) is 30.3 Å². The third kappa shape index (κ3) is 4.68. The first-order valence-corrected chi connectivity index (χ1v) is 7.04. The number of amides is 1. The number of carbonyl (C=O) groups is 1. The summed E-state index contributed by atoms with van der Waals surface area (Å²) in [6.07, 6.45) is 1.41. The Labute approximate surface area is 133 Å². The van der Waals surface area contributed by atoms with E-state index in [0.717, 1.165) is 0 Å². The molecule has 0 fully saturated rings. The summed E-state index contributed by atoms with van der Waals surface area (Å²) in [7, 11) is 0. The highest BCUT2D eigenvalue weighted by atomic mass is 19.1. The van der Waals surface area contributed by atoms with Gasteiger partial charge in [0.2, 0.25) is 0 Å². The van der Waals surface area contributed by atoms with Crippen LogP contribution in [0.1, 0.15) is 12.5 Å². The van der Waals surface area contributed by atoms with Crippen LogP contribution >= 0.6 is 0 Å². The molecule has 0 heterocycles. The Bertz CT molecular complexity index is 744. The van der Waals surface area contributed by atoms with Crippen LogP contribution in [0.3, 0.4) is 0 Å². The predicted molar refractivity (Wildman–Crippen MR) is 86.2 cm³/mol. The molecule has 0 saturated heterocycles. The second-order valence-electron chi connectivity index (χ2n) is 4.63. The van der Waals surface area contributed by atoms with E-state index in [0.29, 0.717) is 23.6 Å². The third-order valence-electron chi connectivity index (χ3n) is 2.97. The highest BCUT2D eigenvalue weighted by Crippen LogP contribution is 2.17. The lowest BCUT2D eigenvalue weighted by Crippen LogP contribution is -2.13. The molecule has 0 bridgehead atoms. The number of carbonyl (C=O) groups excluding carboxylic acids is 1. The minimum Gasteiger partial charge on any atom is -0.494 e.